The molecular weight excluding hydrogens is 873 g/mol. The second-order valence-electron chi connectivity index (χ2n) is 18.1. The summed E-state index contributed by atoms with van der Waals surface area (Å²) >= 11 is 0. The predicted octanol–water partition coefficient (Wildman–Crippen LogP) is 19.4. The quantitative estimate of drug-likeness (QED) is 0.114. The minimum atomic E-state index is 1.03. The average molecular weight is 925 g/mol. The summed E-state index contributed by atoms with van der Waals surface area (Å²) in [5.41, 5.74) is 15.6. The van der Waals surface area contributed by atoms with E-state index in [2.05, 4.69) is 311 Å². The van der Waals surface area contributed by atoms with Crippen molar-refractivity contribution in [3.8, 4) is 11.1 Å². The molecule has 0 spiro atoms. The first-order valence-electron chi connectivity index (χ1n) is 24.8. The summed E-state index contributed by atoms with van der Waals surface area (Å²) in [5, 5.41) is 4.91. The number of hydrogen-bond donors (Lipinski definition) is 0. The van der Waals surface area contributed by atoms with Crippen LogP contribution < -0.4 is 19.6 Å². The van der Waals surface area contributed by atoms with Gasteiger partial charge in [0.05, 0.1) is 0 Å². The lowest BCUT2D eigenvalue weighted by Gasteiger charge is -2.29. The van der Waals surface area contributed by atoms with Gasteiger partial charge in [0.25, 0.3) is 0 Å². The molecule has 11 aromatic carbocycles. The molecule has 0 N–H and O–H groups in total. The summed E-state index contributed by atoms with van der Waals surface area (Å²) in [7, 11) is 0. The molecule has 1 aliphatic rings. The van der Waals surface area contributed by atoms with Crippen molar-refractivity contribution in [3.05, 3.63) is 297 Å². The van der Waals surface area contributed by atoms with Crippen LogP contribution in [0.4, 0.5) is 62.6 Å². The van der Waals surface area contributed by atoms with E-state index < -0.39 is 0 Å². The Hall–Kier alpha value is -9.38. The third kappa shape index (κ3) is 9.01. The molecule has 0 amide bonds. The summed E-state index contributed by atoms with van der Waals surface area (Å²) in [5.74, 6) is 0. The van der Waals surface area contributed by atoms with E-state index in [1.807, 2.05) is 0 Å². The van der Waals surface area contributed by atoms with Crippen LogP contribution in [0, 0.1) is 0 Å². The molecule has 0 saturated heterocycles. The molecular formula is C68H52N4. The van der Waals surface area contributed by atoms with E-state index in [0.29, 0.717) is 0 Å². The summed E-state index contributed by atoms with van der Waals surface area (Å²) in [6.07, 6.45) is 8.97. The number of allylic oxidation sites excluding steroid dienone is 3. The van der Waals surface area contributed by atoms with Crippen molar-refractivity contribution in [1.29, 1.82) is 0 Å². The van der Waals surface area contributed by atoms with Gasteiger partial charge in [-0.1, -0.05) is 152 Å². The first-order valence-corrected chi connectivity index (χ1v) is 24.8. The molecule has 0 unspecified atom stereocenters. The monoisotopic (exact) mass is 924 g/mol. The van der Waals surface area contributed by atoms with E-state index in [1.54, 1.807) is 0 Å². The largest absolute Gasteiger partial charge is 0.311 e. The van der Waals surface area contributed by atoms with Crippen molar-refractivity contribution < 1.29 is 0 Å². The maximum atomic E-state index is 2.38. The van der Waals surface area contributed by atoms with Gasteiger partial charge in [-0.2, -0.15) is 0 Å². The minimum Gasteiger partial charge on any atom is -0.311 e. The Kier molecular flexibility index (Phi) is 12.1. The topological polar surface area (TPSA) is 13.0 Å². The lowest BCUT2D eigenvalue weighted by molar-refractivity contribution is 0.997. The molecule has 344 valence electrons. The molecule has 11 aromatic rings. The first-order chi connectivity index (χ1) is 35.7. The standard InChI is InChI=1S/C68H52N4/c1-5-21-57(22-6-1)69(63-41-45-65(46-42-63)71(59-25-9-3-10-26-59)67-39-33-51-17-13-15-19-55(51)49-67)61-35-29-53(30-36-61)54-31-37-62(38-32-54)70(58-23-7-2-8-24-58)64-43-47-66(48-44-64)72(60-27-11-4-12-28-60)68-40-34-52-18-14-16-20-56(52)50-68/h1-3,5-11,13-50H,4,12H2. The molecule has 0 radical (unpaired) electrons. The van der Waals surface area contributed by atoms with Crippen LogP contribution in [0.3, 0.4) is 0 Å². The number of para-hydroxylation sites is 3. The molecule has 0 bridgehead atoms. The van der Waals surface area contributed by atoms with Crippen molar-refractivity contribution in [1.82, 2.24) is 0 Å². The van der Waals surface area contributed by atoms with Gasteiger partial charge in [-0.05, 0) is 185 Å². The van der Waals surface area contributed by atoms with E-state index >= 15 is 0 Å². The second kappa shape index (κ2) is 19.9. The van der Waals surface area contributed by atoms with E-state index in [1.165, 1.54) is 27.2 Å². The van der Waals surface area contributed by atoms with Crippen LogP contribution in [0.1, 0.15) is 12.8 Å². The van der Waals surface area contributed by atoms with Gasteiger partial charge in [-0.3, -0.25) is 0 Å². The number of fused-ring (bicyclic) bond motifs is 2. The van der Waals surface area contributed by atoms with Crippen LogP contribution in [-0.2, 0) is 0 Å². The molecule has 72 heavy (non-hydrogen) atoms. The van der Waals surface area contributed by atoms with Crippen LogP contribution in [0.15, 0.2) is 297 Å². The predicted molar refractivity (Wildman–Crippen MR) is 306 cm³/mol. The van der Waals surface area contributed by atoms with Crippen molar-refractivity contribution in [2.75, 3.05) is 19.6 Å². The Morgan fingerprint density at radius 2 is 0.514 bits per heavy atom. The fraction of sp³-hybridized carbons (Fsp3) is 0.0294. The molecule has 0 fully saturated rings. The molecule has 1 aliphatic carbocycles. The lowest BCUT2D eigenvalue weighted by Crippen LogP contribution is -2.16. The maximum absolute atomic E-state index is 2.38. The highest BCUT2D eigenvalue weighted by Gasteiger charge is 2.20. The van der Waals surface area contributed by atoms with E-state index in [4.69, 9.17) is 0 Å². The molecule has 4 heteroatoms. The van der Waals surface area contributed by atoms with Gasteiger partial charge in [0.1, 0.15) is 0 Å². The number of rotatable bonds is 13. The second-order valence-corrected chi connectivity index (χ2v) is 18.1. The number of benzene rings is 11. The molecule has 0 heterocycles. The van der Waals surface area contributed by atoms with Crippen LogP contribution >= 0.6 is 0 Å². The maximum Gasteiger partial charge on any atom is 0.0468 e. The zero-order chi connectivity index (χ0) is 48.1. The summed E-state index contributed by atoms with van der Waals surface area (Å²) in [6, 6.07) is 98.2. The van der Waals surface area contributed by atoms with Crippen LogP contribution in [0.5, 0.6) is 0 Å². The van der Waals surface area contributed by atoms with Gasteiger partial charge in [0, 0.05) is 68.3 Å². The Balaban J connectivity index is 0.830. The van der Waals surface area contributed by atoms with Gasteiger partial charge in [-0.15, -0.1) is 0 Å². The van der Waals surface area contributed by atoms with E-state index in [0.717, 1.165) is 86.5 Å². The zero-order valence-electron chi connectivity index (χ0n) is 39.9. The zero-order valence-corrected chi connectivity index (χ0v) is 39.9. The van der Waals surface area contributed by atoms with Crippen molar-refractivity contribution >= 4 is 84.1 Å². The minimum absolute atomic E-state index is 1.03. The fourth-order valence-corrected chi connectivity index (χ4v) is 10.0. The van der Waals surface area contributed by atoms with E-state index in [9.17, 15) is 0 Å². The molecule has 12 rings (SSSR count). The van der Waals surface area contributed by atoms with Crippen LogP contribution in [-0.4, -0.2) is 0 Å². The third-order valence-electron chi connectivity index (χ3n) is 13.6. The SMILES string of the molecule is C1=CC(N(c2ccc(N(c3ccccc3)c3ccc(-c4ccc(N(c5ccccc5)c5ccc(N(c6ccccc6)c6ccc7ccccc7c6)cc5)cc4)cc3)cc2)c2ccc3ccccc3c2)=CCC1. The highest BCUT2D eigenvalue weighted by molar-refractivity contribution is 5.91. The highest BCUT2D eigenvalue weighted by atomic mass is 15.2. The summed E-state index contributed by atoms with van der Waals surface area (Å²) < 4.78 is 0. The summed E-state index contributed by atoms with van der Waals surface area (Å²) in [6.45, 7) is 0. The van der Waals surface area contributed by atoms with Gasteiger partial charge >= 0.3 is 0 Å². The molecule has 4 nitrogen and oxygen atoms in total. The molecule has 0 saturated carbocycles. The molecule has 0 atom stereocenters. The van der Waals surface area contributed by atoms with Gasteiger partial charge in [0.2, 0.25) is 0 Å². The van der Waals surface area contributed by atoms with Crippen molar-refractivity contribution in [2.45, 2.75) is 12.8 Å². The Labute approximate surface area is 422 Å². The highest BCUT2D eigenvalue weighted by Crippen LogP contribution is 2.42. The van der Waals surface area contributed by atoms with Crippen molar-refractivity contribution in [3.63, 3.8) is 0 Å². The number of hydrogen-bond acceptors (Lipinski definition) is 4. The Bertz CT molecular complexity index is 3660. The van der Waals surface area contributed by atoms with E-state index in [-0.39, 0.29) is 0 Å². The average Bonchev–Trinajstić information content (AvgIpc) is 3.46. The first kappa shape index (κ1) is 43.9. The van der Waals surface area contributed by atoms with Crippen LogP contribution in [0.2, 0.25) is 0 Å². The van der Waals surface area contributed by atoms with Crippen molar-refractivity contribution in [2.24, 2.45) is 0 Å². The number of nitrogens with zero attached hydrogens (tertiary/aromatic N) is 4. The number of anilines is 11. The molecule has 0 aliphatic heterocycles. The van der Waals surface area contributed by atoms with Gasteiger partial charge in [0.15, 0.2) is 0 Å². The Morgan fingerprint density at radius 3 is 0.889 bits per heavy atom. The lowest BCUT2D eigenvalue weighted by atomic mass is 10.0. The smallest absolute Gasteiger partial charge is 0.0468 e. The van der Waals surface area contributed by atoms with Crippen LogP contribution in [0.25, 0.3) is 32.7 Å². The normalized spacial score (nSPS) is 12.1. The third-order valence-corrected chi connectivity index (χ3v) is 13.6. The Morgan fingerprint density at radius 1 is 0.222 bits per heavy atom. The van der Waals surface area contributed by atoms with Gasteiger partial charge in [-0.25, -0.2) is 0 Å². The molecule has 0 aromatic heterocycles. The van der Waals surface area contributed by atoms with Gasteiger partial charge < -0.3 is 19.6 Å². The fourth-order valence-electron chi connectivity index (χ4n) is 10.0. The summed E-state index contributed by atoms with van der Waals surface area (Å²) in [4.78, 5) is 9.36.